The number of fused-ring (bicyclic) bond motifs is 1. The zero-order valence-corrected chi connectivity index (χ0v) is 8.74. The Balaban J connectivity index is 2.94. The molecule has 0 fully saturated rings. The molecule has 2 nitrogen and oxygen atoms in total. The molecule has 15 heavy (non-hydrogen) atoms. The molecule has 1 heterocycles. The van der Waals surface area contributed by atoms with Gasteiger partial charge in [-0.25, -0.2) is 8.78 Å². The van der Waals surface area contributed by atoms with Gasteiger partial charge in [-0.05, 0) is 19.4 Å². The van der Waals surface area contributed by atoms with Crippen LogP contribution in [0.2, 0.25) is 0 Å². The lowest BCUT2D eigenvalue weighted by Crippen LogP contribution is -1.91. The topological polar surface area (TPSA) is 25.0 Å². The van der Waals surface area contributed by atoms with E-state index in [0.29, 0.717) is 5.56 Å². The van der Waals surface area contributed by atoms with Crippen molar-refractivity contribution in [1.29, 1.82) is 0 Å². The molecule has 2 aromatic rings. The van der Waals surface area contributed by atoms with E-state index in [1.165, 1.54) is 7.11 Å². The number of nitrogens with one attached hydrogen (secondary N) is 1. The van der Waals surface area contributed by atoms with E-state index in [4.69, 9.17) is 4.74 Å². The Hall–Kier alpha value is -1.58. The zero-order valence-electron chi connectivity index (χ0n) is 8.74. The molecule has 1 aromatic carbocycles. The van der Waals surface area contributed by atoms with Crippen molar-refractivity contribution in [3.05, 3.63) is 29.0 Å². The van der Waals surface area contributed by atoms with E-state index in [0.717, 1.165) is 11.8 Å². The molecule has 0 aliphatic carbocycles. The average molecular weight is 211 g/mol. The van der Waals surface area contributed by atoms with E-state index in [2.05, 4.69) is 4.98 Å². The molecule has 0 unspecified atom stereocenters. The van der Waals surface area contributed by atoms with Gasteiger partial charge in [0.05, 0.1) is 12.6 Å². The van der Waals surface area contributed by atoms with Crippen LogP contribution in [0.4, 0.5) is 8.78 Å². The van der Waals surface area contributed by atoms with Gasteiger partial charge in [-0.2, -0.15) is 0 Å². The van der Waals surface area contributed by atoms with Crippen LogP contribution in [0.1, 0.15) is 11.3 Å². The zero-order chi connectivity index (χ0) is 11.2. The van der Waals surface area contributed by atoms with Gasteiger partial charge in [0.1, 0.15) is 0 Å². The highest BCUT2D eigenvalue weighted by Gasteiger charge is 2.17. The third-order valence-electron chi connectivity index (χ3n) is 2.65. The minimum absolute atomic E-state index is 0.0675. The fourth-order valence-electron chi connectivity index (χ4n) is 1.69. The third-order valence-corrected chi connectivity index (χ3v) is 2.65. The van der Waals surface area contributed by atoms with Gasteiger partial charge in [-0.1, -0.05) is 0 Å². The molecule has 1 N–H and O–H groups in total. The molecule has 0 aliphatic heterocycles. The van der Waals surface area contributed by atoms with Crippen molar-refractivity contribution < 1.29 is 13.5 Å². The second-order valence-corrected chi connectivity index (χ2v) is 3.50. The number of H-pyrrole nitrogens is 1. The number of hydrogen-bond acceptors (Lipinski definition) is 1. The van der Waals surface area contributed by atoms with Gasteiger partial charge in [-0.15, -0.1) is 0 Å². The van der Waals surface area contributed by atoms with Crippen molar-refractivity contribution in [2.45, 2.75) is 13.8 Å². The Kier molecular flexibility index (Phi) is 2.14. The third kappa shape index (κ3) is 1.28. The summed E-state index contributed by atoms with van der Waals surface area (Å²) < 4.78 is 32.1. The van der Waals surface area contributed by atoms with Crippen molar-refractivity contribution >= 4 is 10.9 Å². The van der Waals surface area contributed by atoms with Gasteiger partial charge in [0.15, 0.2) is 17.4 Å². The highest BCUT2D eigenvalue weighted by atomic mass is 19.1. The number of aryl methyl sites for hydroxylation is 2. The van der Waals surface area contributed by atoms with Crippen LogP contribution in [-0.2, 0) is 0 Å². The van der Waals surface area contributed by atoms with E-state index in [1.807, 2.05) is 0 Å². The summed E-state index contributed by atoms with van der Waals surface area (Å²) in [5.41, 5.74) is 1.67. The number of rotatable bonds is 1. The minimum atomic E-state index is -0.518. The van der Waals surface area contributed by atoms with Crippen LogP contribution in [0.3, 0.4) is 0 Å². The summed E-state index contributed by atoms with van der Waals surface area (Å²) in [7, 11) is 1.32. The van der Waals surface area contributed by atoms with Crippen LogP contribution in [0, 0.1) is 25.5 Å². The lowest BCUT2D eigenvalue weighted by Gasteiger charge is -2.03. The van der Waals surface area contributed by atoms with Gasteiger partial charge in [0, 0.05) is 17.1 Å². The Labute approximate surface area is 85.9 Å². The number of benzene rings is 1. The van der Waals surface area contributed by atoms with E-state index in [9.17, 15) is 8.78 Å². The number of hydrogen-bond donors (Lipinski definition) is 1. The Morgan fingerprint density at radius 3 is 2.53 bits per heavy atom. The molecule has 80 valence electrons. The number of aromatic nitrogens is 1. The standard InChI is InChI=1S/C11H11F2NO/c1-5-6(2)14-11-7(12)4-8(15-3)10(13)9(5)11/h4,14H,1-3H3. The van der Waals surface area contributed by atoms with Crippen LogP contribution in [0.5, 0.6) is 5.75 Å². The second-order valence-electron chi connectivity index (χ2n) is 3.50. The maximum Gasteiger partial charge on any atom is 0.174 e. The molecule has 0 atom stereocenters. The monoisotopic (exact) mass is 211 g/mol. The molecule has 0 radical (unpaired) electrons. The minimum Gasteiger partial charge on any atom is -0.494 e. The first-order valence-electron chi connectivity index (χ1n) is 4.57. The molecule has 1 aromatic heterocycles. The largest absolute Gasteiger partial charge is 0.494 e. The summed E-state index contributed by atoms with van der Waals surface area (Å²) in [6.45, 7) is 3.52. The van der Waals surface area contributed by atoms with Gasteiger partial charge >= 0.3 is 0 Å². The summed E-state index contributed by atoms with van der Waals surface area (Å²) in [5, 5.41) is 0.268. The van der Waals surface area contributed by atoms with E-state index >= 15 is 0 Å². The predicted molar refractivity (Wildman–Crippen MR) is 54.2 cm³/mol. The Bertz CT molecular complexity index is 531. The molecule has 0 saturated heterocycles. The first-order chi connectivity index (χ1) is 7.06. The molecule has 0 spiro atoms. The molecule has 0 amide bonds. The smallest absolute Gasteiger partial charge is 0.174 e. The highest BCUT2D eigenvalue weighted by molar-refractivity contribution is 5.87. The van der Waals surface area contributed by atoms with Crippen LogP contribution in [0.15, 0.2) is 6.07 Å². The Morgan fingerprint density at radius 2 is 1.93 bits per heavy atom. The highest BCUT2D eigenvalue weighted by Crippen LogP contribution is 2.32. The quantitative estimate of drug-likeness (QED) is 0.770. The SMILES string of the molecule is COc1cc(F)c2[nH]c(C)c(C)c2c1F. The number of halogens is 2. The molecule has 4 heteroatoms. The average Bonchev–Trinajstić information content (AvgIpc) is 2.50. The molecule has 0 bridgehead atoms. The van der Waals surface area contributed by atoms with Crippen molar-refractivity contribution in [3.8, 4) is 5.75 Å². The van der Waals surface area contributed by atoms with Gasteiger partial charge in [-0.3, -0.25) is 0 Å². The first-order valence-corrected chi connectivity index (χ1v) is 4.57. The van der Waals surface area contributed by atoms with Gasteiger partial charge in [0.2, 0.25) is 0 Å². The molecule has 0 aliphatic rings. The molecule has 0 saturated carbocycles. The van der Waals surface area contributed by atoms with Crippen LogP contribution < -0.4 is 4.74 Å². The predicted octanol–water partition coefficient (Wildman–Crippen LogP) is 3.07. The van der Waals surface area contributed by atoms with Crippen molar-refractivity contribution in [3.63, 3.8) is 0 Å². The molecule has 2 rings (SSSR count). The van der Waals surface area contributed by atoms with E-state index < -0.39 is 11.6 Å². The van der Waals surface area contributed by atoms with Crippen molar-refractivity contribution in [1.82, 2.24) is 4.98 Å². The van der Waals surface area contributed by atoms with E-state index in [1.54, 1.807) is 13.8 Å². The van der Waals surface area contributed by atoms with Crippen molar-refractivity contribution in [2.75, 3.05) is 7.11 Å². The van der Waals surface area contributed by atoms with E-state index in [-0.39, 0.29) is 16.7 Å². The van der Waals surface area contributed by atoms with Crippen LogP contribution >= 0.6 is 0 Å². The Morgan fingerprint density at radius 1 is 1.27 bits per heavy atom. The molecular formula is C11H11F2NO. The van der Waals surface area contributed by atoms with Crippen LogP contribution in [-0.4, -0.2) is 12.1 Å². The summed E-state index contributed by atoms with van der Waals surface area (Å²) in [6.07, 6.45) is 0. The summed E-state index contributed by atoms with van der Waals surface area (Å²) in [6, 6.07) is 1.05. The second kappa shape index (κ2) is 3.22. The number of aromatic amines is 1. The number of methoxy groups -OCH3 is 1. The maximum absolute atomic E-state index is 13.8. The van der Waals surface area contributed by atoms with Crippen molar-refractivity contribution in [2.24, 2.45) is 0 Å². The number of ether oxygens (including phenoxy) is 1. The fourth-order valence-corrected chi connectivity index (χ4v) is 1.69. The fraction of sp³-hybridized carbons (Fsp3) is 0.273. The first kappa shape index (κ1) is 9.96. The lowest BCUT2D eigenvalue weighted by atomic mass is 10.1. The molecular weight excluding hydrogens is 200 g/mol. The lowest BCUT2D eigenvalue weighted by molar-refractivity contribution is 0.386. The summed E-state index contributed by atoms with van der Waals surface area (Å²) in [4.78, 5) is 2.82. The normalized spacial score (nSPS) is 11.0. The summed E-state index contributed by atoms with van der Waals surface area (Å²) >= 11 is 0. The van der Waals surface area contributed by atoms with Crippen LogP contribution in [0.25, 0.3) is 10.9 Å². The summed E-state index contributed by atoms with van der Waals surface area (Å²) in [5.74, 6) is -1.09. The van der Waals surface area contributed by atoms with Gasteiger partial charge < -0.3 is 9.72 Å². The maximum atomic E-state index is 13.8. The van der Waals surface area contributed by atoms with Gasteiger partial charge in [0.25, 0.3) is 0 Å².